The molecule has 0 radical (unpaired) electrons. The molecule has 0 aliphatic heterocycles. The number of nitrogen functional groups attached to an aromatic ring is 1. The van der Waals surface area contributed by atoms with Crippen molar-refractivity contribution < 1.29 is 33.7 Å². The van der Waals surface area contributed by atoms with Crippen LogP contribution in [-0.4, -0.2) is 33.7 Å². The summed E-state index contributed by atoms with van der Waals surface area (Å²) in [6, 6.07) is 10.0. The fourth-order valence-corrected chi connectivity index (χ4v) is 3.17. The highest BCUT2D eigenvalue weighted by Gasteiger charge is 2.27. The zero-order valence-electron chi connectivity index (χ0n) is 16.8. The highest BCUT2D eigenvalue weighted by atomic mass is 19.1. The minimum Gasteiger partial charge on any atom is -0.490 e. The number of aromatic carboxylic acids is 2. The van der Waals surface area contributed by atoms with E-state index in [9.17, 15) is 29.0 Å². The smallest absolute Gasteiger partial charge is 0.342 e. The van der Waals surface area contributed by atoms with Gasteiger partial charge < -0.3 is 30.4 Å². The van der Waals surface area contributed by atoms with Crippen LogP contribution in [0.1, 0.15) is 33.2 Å². The van der Waals surface area contributed by atoms with E-state index in [2.05, 4.69) is 0 Å². The number of benzene rings is 2. The van der Waals surface area contributed by atoms with E-state index in [0.29, 0.717) is 5.56 Å². The lowest BCUT2D eigenvalue weighted by Gasteiger charge is -2.16. The Hall–Kier alpha value is -4.34. The molecule has 0 bridgehead atoms. The molecule has 1 heterocycles. The van der Waals surface area contributed by atoms with Crippen LogP contribution in [-0.2, 0) is 6.61 Å². The summed E-state index contributed by atoms with van der Waals surface area (Å²) in [4.78, 5) is 37.8. The molecular weight excluding hydrogens is 423 g/mol. The van der Waals surface area contributed by atoms with Crippen molar-refractivity contribution >= 4 is 17.8 Å². The summed E-state index contributed by atoms with van der Waals surface area (Å²) in [7, 11) is 0. The number of rotatable bonds is 8. The zero-order chi connectivity index (χ0) is 23.4. The van der Waals surface area contributed by atoms with Gasteiger partial charge in [0.15, 0.2) is 11.5 Å². The number of hydrogen-bond acceptors (Lipinski definition) is 6. The van der Waals surface area contributed by atoms with Crippen LogP contribution >= 0.6 is 0 Å². The third kappa shape index (κ3) is 4.53. The molecule has 0 saturated carbocycles. The predicted octanol–water partition coefficient (Wildman–Crippen LogP) is 3.14. The molecule has 9 nitrogen and oxygen atoms in total. The number of hydrogen-bond donors (Lipinski definition) is 4. The second-order valence-corrected chi connectivity index (χ2v) is 6.62. The molecule has 3 rings (SSSR count). The van der Waals surface area contributed by atoms with Crippen molar-refractivity contribution in [2.24, 2.45) is 0 Å². The molecule has 0 aliphatic rings. The van der Waals surface area contributed by atoms with Gasteiger partial charge in [0.2, 0.25) is 0 Å². The first-order chi connectivity index (χ1) is 15.2. The Morgan fingerprint density at radius 1 is 1.03 bits per heavy atom. The monoisotopic (exact) mass is 442 g/mol. The van der Waals surface area contributed by atoms with Gasteiger partial charge in [-0.2, -0.15) is 0 Å². The molecule has 0 fully saturated rings. The quantitative estimate of drug-likeness (QED) is 0.415. The molecule has 0 spiro atoms. The lowest BCUT2D eigenvalue weighted by Crippen LogP contribution is -2.24. The number of H-pyrrole nitrogens is 1. The Bertz CT molecular complexity index is 1250. The van der Waals surface area contributed by atoms with E-state index in [1.165, 1.54) is 30.3 Å². The number of halogens is 1. The van der Waals surface area contributed by atoms with Gasteiger partial charge in [-0.15, -0.1) is 0 Å². The Balaban J connectivity index is 2.12. The summed E-state index contributed by atoms with van der Waals surface area (Å²) in [6.07, 6.45) is 0. The van der Waals surface area contributed by atoms with Crippen molar-refractivity contribution in [1.82, 2.24) is 4.98 Å². The molecule has 0 atom stereocenters. The third-order valence-electron chi connectivity index (χ3n) is 4.49. The summed E-state index contributed by atoms with van der Waals surface area (Å²) in [5.41, 5.74) is 3.59. The van der Waals surface area contributed by atoms with E-state index in [4.69, 9.17) is 15.2 Å². The van der Waals surface area contributed by atoms with Crippen molar-refractivity contribution in [1.29, 1.82) is 0 Å². The number of aromatic amines is 1. The van der Waals surface area contributed by atoms with E-state index >= 15 is 0 Å². The average molecular weight is 442 g/mol. The van der Waals surface area contributed by atoms with Crippen LogP contribution in [0.4, 0.5) is 10.2 Å². The maximum atomic E-state index is 13.4. The fourth-order valence-electron chi connectivity index (χ4n) is 3.17. The predicted molar refractivity (Wildman–Crippen MR) is 113 cm³/mol. The highest BCUT2D eigenvalue weighted by molar-refractivity contribution is 6.07. The van der Waals surface area contributed by atoms with Crippen LogP contribution in [0.15, 0.2) is 47.3 Å². The number of anilines is 1. The maximum Gasteiger partial charge on any atom is 0.342 e. The van der Waals surface area contributed by atoms with Gasteiger partial charge in [-0.05, 0) is 42.3 Å². The van der Waals surface area contributed by atoms with Gasteiger partial charge in [0.1, 0.15) is 29.4 Å². The number of nitrogens with one attached hydrogen (secondary N) is 1. The van der Waals surface area contributed by atoms with Crippen LogP contribution in [0, 0.1) is 5.82 Å². The molecule has 0 unspecified atom stereocenters. The molecule has 5 N–H and O–H groups in total. The van der Waals surface area contributed by atoms with Crippen LogP contribution in [0.3, 0.4) is 0 Å². The minimum atomic E-state index is -1.62. The fraction of sp³-hybridized carbons (Fsp3) is 0.136. The van der Waals surface area contributed by atoms with Gasteiger partial charge >= 0.3 is 11.9 Å². The Morgan fingerprint density at radius 2 is 1.75 bits per heavy atom. The second kappa shape index (κ2) is 9.21. The first-order valence-electron chi connectivity index (χ1n) is 9.39. The number of pyridine rings is 1. The molecule has 2 aromatic carbocycles. The largest absolute Gasteiger partial charge is 0.490 e. The number of aromatic nitrogens is 1. The number of carboxylic acid groups (broad SMARTS) is 2. The van der Waals surface area contributed by atoms with Gasteiger partial charge in [-0.1, -0.05) is 18.2 Å². The van der Waals surface area contributed by atoms with E-state index in [0.717, 1.165) is 0 Å². The summed E-state index contributed by atoms with van der Waals surface area (Å²) in [5, 5.41) is 19.1. The van der Waals surface area contributed by atoms with Crippen LogP contribution in [0.25, 0.3) is 11.1 Å². The number of carbonyl (C=O) groups is 2. The minimum absolute atomic E-state index is 0.0237. The molecular formula is C22H19FN2O7. The van der Waals surface area contributed by atoms with Crippen LogP contribution in [0.2, 0.25) is 0 Å². The van der Waals surface area contributed by atoms with Crippen molar-refractivity contribution in [3.8, 4) is 22.6 Å². The van der Waals surface area contributed by atoms with E-state index < -0.39 is 40.3 Å². The first-order valence-corrected chi connectivity index (χ1v) is 9.39. The maximum absolute atomic E-state index is 13.4. The van der Waals surface area contributed by atoms with E-state index in [1.54, 1.807) is 19.1 Å². The van der Waals surface area contributed by atoms with Gasteiger partial charge in [0, 0.05) is 5.56 Å². The molecule has 0 aliphatic carbocycles. The SMILES string of the molecule is CCOc1cc(-c2c(C(=O)O)c(N)[nH]c(=O)c2C(=O)O)ccc1OCc1cccc(F)c1. The van der Waals surface area contributed by atoms with Gasteiger partial charge in [0.25, 0.3) is 5.56 Å². The molecule has 32 heavy (non-hydrogen) atoms. The van der Waals surface area contributed by atoms with Crippen molar-refractivity contribution in [2.75, 3.05) is 12.3 Å². The van der Waals surface area contributed by atoms with Gasteiger partial charge in [-0.3, -0.25) is 4.79 Å². The van der Waals surface area contributed by atoms with Crippen molar-refractivity contribution in [3.63, 3.8) is 0 Å². The standard InChI is InChI=1S/C22H19FN2O7/c1-2-31-15-9-12(6-7-14(15)32-10-11-4-3-5-13(23)8-11)16-17(21(27)28)19(24)25-20(26)18(16)22(29)30/h3-9H,2,10H2,1H3,(H,27,28)(H,29,30)(H3,24,25,26). The Kier molecular flexibility index (Phi) is 6.43. The average Bonchev–Trinajstić information content (AvgIpc) is 2.72. The third-order valence-corrected chi connectivity index (χ3v) is 4.49. The van der Waals surface area contributed by atoms with Gasteiger partial charge in [0.05, 0.1) is 6.61 Å². The van der Waals surface area contributed by atoms with Crippen molar-refractivity contribution in [3.05, 3.63) is 75.3 Å². The van der Waals surface area contributed by atoms with Gasteiger partial charge in [-0.25, -0.2) is 14.0 Å². The van der Waals surface area contributed by atoms with Crippen LogP contribution in [0.5, 0.6) is 11.5 Å². The molecule has 166 valence electrons. The highest BCUT2D eigenvalue weighted by Crippen LogP contribution is 2.36. The molecule has 0 saturated heterocycles. The summed E-state index contributed by atoms with van der Waals surface area (Å²) in [6.45, 7) is 1.95. The Morgan fingerprint density at radius 3 is 2.38 bits per heavy atom. The summed E-state index contributed by atoms with van der Waals surface area (Å²) in [5.74, 6) is -3.60. The van der Waals surface area contributed by atoms with Crippen LogP contribution < -0.4 is 20.8 Å². The van der Waals surface area contributed by atoms with E-state index in [1.807, 2.05) is 4.98 Å². The summed E-state index contributed by atoms with van der Waals surface area (Å²) < 4.78 is 24.7. The normalized spacial score (nSPS) is 10.6. The number of carboxylic acids is 2. The Labute approximate surface area is 180 Å². The molecule has 1 aromatic heterocycles. The second-order valence-electron chi connectivity index (χ2n) is 6.62. The topological polar surface area (TPSA) is 152 Å². The lowest BCUT2D eigenvalue weighted by molar-refractivity contribution is 0.0695. The first kappa shape index (κ1) is 22.3. The van der Waals surface area contributed by atoms with Crippen molar-refractivity contribution in [2.45, 2.75) is 13.5 Å². The summed E-state index contributed by atoms with van der Waals surface area (Å²) >= 11 is 0. The molecule has 0 amide bonds. The molecule has 3 aromatic rings. The zero-order valence-corrected chi connectivity index (χ0v) is 16.8. The number of nitrogens with two attached hydrogens (primary N) is 1. The van der Waals surface area contributed by atoms with E-state index in [-0.39, 0.29) is 35.8 Å². The number of ether oxygens (including phenoxy) is 2. The molecule has 10 heteroatoms. The lowest BCUT2D eigenvalue weighted by atomic mass is 9.95.